The lowest BCUT2D eigenvalue weighted by molar-refractivity contribution is 0.817. The third-order valence-corrected chi connectivity index (χ3v) is 2.42. The number of benzene rings is 1. The highest BCUT2D eigenvalue weighted by atomic mass is 14.9. The monoisotopic (exact) mass is 216 g/mol. The van der Waals surface area contributed by atoms with E-state index in [1.165, 1.54) is 0 Å². The summed E-state index contributed by atoms with van der Waals surface area (Å²) in [6.07, 6.45) is 5.60. The van der Waals surface area contributed by atoms with E-state index in [1.807, 2.05) is 30.5 Å². The lowest BCUT2D eigenvalue weighted by Crippen LogP contribution is -2.05. The van der Waals surface area contributed by atoms with Crippen LogP contribution in [0.2, 0.25) is 0 Å². The number of imidazole rings is 1. The van der Waals surface area contributed by atoms with E-state index in [1.54, 1.807) is 6.20 Å². The van der Waals surface area contributed by atoms with Crippen LogP contribution < -0.4 is 11.1 Å². The number of H-pyrrole nitrogens is 1. The summed E-state index contributed by atoms with van der Waals surface area (Å²) in [7, 11) is 0. The quantitative estimate of drug-likeness (QED) is 0.529. The van der Waals surface area contributed by atoms with Crippen molar-refractivity contribution in [3.8, 4) is 0 Å². The van der Waals surface area contributed by atoms with E-state index in [0.29, 0.717) is 0 Å². The zero-order chi connectivity index (χ0) is 11.2. The number of nitrogens with two attached hydrogens (primary N) is 1. The van der Waals surface area contributed by atoms with Gasteiger partial charge >= 0.3 is 0 Å². The molecule has 0 amide bonds. The maximum absolute atomic E-state index is 5.82. The van der Waals surface area contributed by atoms with Crippen LogP contribution in [0.1, 0.15) is 12.2 Å². The highest BCUT2D eigenvalue weighted by Crippen LogP contribution is 2.16. The fourth-order valence-electron chi connectivity index (χ4n) is 1.57. The predicted octanol–water partition coefficient (Wildman–Crippen LogP) is 2.04. The van der Waals surface area contributed by atoms with E-state index in [0.717, 1.165) is 36.6 Å². The van der Waals surface area contributed by atoms with Gasteiger partial charge in [-0.15, -0.1) is 0 Å². The molecule has 0 atom stereocenters. The molecule has 0 aliphatic carbocycles. The van der Waals surface area contributed by atoms with Crippen molar-refractivity contribution in [1.29, 1.82) is 0 Å². The first-order valence-electron chi connectivity index (χ1n) is 5.43. The van der Waals surface area contributed by atoms with E-state index < -0.39 is 0 Å². The first kappa shape index (κ1) is 10.5. The molecule has 0 unspecified atom stereocenters. The van der Waals surface area contributed by atoms with Gasteiger partial charge in [-0.25, -0.2) is 4.98 Å². The number of nitrogen functional groups attached to an aromatic ring is 1. The molecule has 4 heteroatoms. The predicted molar refractivity (Wildman–Crippen MR) is 66.3 cm³/mol. The van der Waals surface area contributed by atoms with Crippen molar-refractivity contribution in [1.82, 2.24) is 9.97 Å². The maximum Gasteiger partial charge on any atom is 0.106 e. The zero-order valence-corrected chi connectivity index (χ0v) is 9.11. The molecule has 4 N–H and O–H groups in total. The van der Waals surface area contributed by atoms with E-state index in [9.17, 15) is 0 Å². The van der Waals surface area contributed by atoms with Crippen molar-refractivity contribution in [2.75, 3.05) is 17.6 Å². The molecule has 0 radical (unpaired) electrons. The number of aryl methyl sites for hydroxylation is 1. The summed E-state index contributed by atoms with van der Waals surface area (Å²) in [5.74, 6) is 1.03. The van der Waals surface area contributed by atoms with Crippen LogP contribution in [0, 0.1) is 0 Å². The minimum atomic E-state index is 0.792. The molecule has 1 heterocycles. The van der Waals surface area contributed by atoms with E-state index >= 15 is 0 Å². The van der Waals surface area contributed by atoms with Gasteiger partial charge in [0.05, 0.1) is 11.4 Å². The number of para-hydroxylation sites is 2. The highest BCUT2D eigenvalue weighted by Gasteiger charge is 1.97. The van der Waals surface area contributed by atoms with Crippen LogP contribution in [0.25, 0.3) is 0 Å². The van der Waals surface area contributed by atoms with Gasteiger partial charge < -0.3 is 16.0 Å². The van der Waals surface area contributed by atoms with Crippen LogP contribution in [0.4, 0.5) is 11.4 Å². The van der Waals surface area contributed by atoms with Crippen molar-refractivity contribution < 1.29 is 0 Å². The minimum Gasteiger partial charge on any atom is -0.397 e. The van der Waals surface area contributed by atoms with Crippen molar-refractivity contribution in [3.63, 3.8) is 0 Å². The summed E-state index contributed by atoms with van der Waals surface area (Å²) in [4.78, 5) is 7.25. The second-order valence-corrected chi connectivity index (χ2v) is 3.65. The molecule has 0 saturated carbocycles. The summed E-state index contributed by atoms with van der Waals surface area (Å²) in [5, 5.41) is 3.31. The molecule has 84 valence electrons. The number of aromatic nitrogens is 2. The van der Waals surface area contributed by atoms with E-state index in [4.69, 9.17) is 5.73 Å². The largest absolute Gasteiger partial charge is 0.397 e. The Bertz CT molecular complexity index is 422. The third kappa shape index (κ3) is 2.76. The Labute approximate surface area is 94.9 Å². The zero-order valence-electron chi connectivity index (χ0n) is 9.11. The van der Waals surface area contributed by atoms with Gasteiger partial charge in [0, 0.05) is 25.4 Å². The Morgan fingerprint density at radius 3 is 2.94 bits per heavy atom. The molecule has 2 rings (SSSR count). The summed E-state index contributed by atoms with van der Waals surface area (Å²) < 4.78 is 0. The van der Waals surface area contributed by atoms with Crippen LogP contribution >= 0.6 is 0 Å². The summed E-state index contributed by atoms with van der Waals surface area (Å²) in [6, 6.07) is 7.80. The average Bonchev–Trinajstić information content (AvgIpc) is 2.79. The Kier molecular flexibility index (Phi) is 3.43. The SMILES string of the molecule is Nc1ccccc1NCCCc1ncc[nH]1. The lowest BCUT2D eigenvalue weighted by atomic mass is 10.2. The van der Waals surface area contributed by atoms with Gasteiger partial charge in [-0.3, -0.25) is 0 Å². The summed E-state index contributed by atoms with van der Waals surface area (Å²) in [5.41, 5.74) is 7.61. The standard InChI is InChI=1S/C12H16N4/c13-10-4-1-2-5-11(10)14-7-3-6-12-15-8-9-16-12/h1-2,4-5,8-9,14H,3,6-7,13H2,(H,15,16). The van der Waals surface area contributed by atoms with Crippen LogP contribution in [-0.2, 0) is 6.42 Å². The van der Waals surface area contributed by atoms with Gasteiger partial charge in [-0.1, -0.05) is 12.1 Å². The molecule has 1 aromatic carbocycles. The number of rotatable bonds is 5. The van der Waals surface area contributed by atoms with Crippen molar-refractivity contribution in [2.24, 2.45) is 0 Å². The molecule has 1 aromatic heterocycles. The van der Waals surface area contributed by atoms with Gasteiger partial charge in [0.25, 0.3) is 0 Å². The molecule has 0 spiro atoms. The van der Waals surface area contributed by atoms with Crippen LogP contribution in [0.5, 0.6) is 0 Å². The third-order valence-electron chi connectivity index (χ3n) is 2.42. The first-order valence-corrected chi connectivity index (χ1v) is 5.43. The normalized spacial score (nSPS) is 10.2. The molecule has 2 aromatic rings. The Morgan fingerprint density at radius 2 is 2.19 bits per heavy atom. The lowest BCUT2D eigenvalue weighted by Gasteiger charge is -2.07. The molecule has 0 saturated heterocycles. The summed E-state index contributed by atoms with van der Waals surface area (Å²) in [6.45, 7) is 0.898. The Morgan fingerprint density at radius 1 is 1.31 bits per heavy atom. The van der Waals surface area contributed by atoms with Crippen molar-refractivity contribution >= 4 is 11.4 Å². The molecule has 0 aliphatic heterocycles. The second kappa shape index (κ2) is 5.21. The van der Waals surface area contributed by atoms with Crippen molar-refractivity contribution in [3.05, 3.63) is 42.5 Å². The molecule has 0 aliphatic rings. The highest BCUT2D eigenvalue weighted by molar-refractivity contribution is 5.65. The molecule has 0 fully saturated rings. The molecule has 16 heavy (non-hydrogen) atoms. The topological polar surface area (TPSA) is 66.7 Å². The second-order valence-electron chi connectivity index (χ2n) is 3.65. The Balaban J connectivity index is 1.74. The molecule has 0 bridgehead atoms. The molecular weight excluding hydrogens is 200 g/mol. The van der Waals surface area contributed by atoms with Crippen LogP contribution in [-0.4, -0.2) is 16.5 Å². The number of aromatic amines is 1. The Hall–Kier alpha value is -1.97. The fourth-order valence-corrected chi connectivity index (χ4v) is 1.57. The van der Waals surface area contributed by atoms with Crippen LogP contribution in [0.15, 0.2) is 36.7 Å². The number of nitrogens with zero attached hydrogens (tertiary/aromatic N) is 1. The van der Waals surface area contributed by atoms with E-state index in [-0.39, 0.29) is 0 Å². The van der Waals surface area contributed by atoms with Gasteiger partial charge in [-0.2, -0.15) is 0 Å². The van der Waals surface area contributed by atoms with Crippen LogP contribution in [0.3, 0.4) is 0 Å². The molecule has 4 nitrogen and oxygen atoms in total. The van der Waals surface area contributed by atoms with Gasteiger partial charge in [-0.05, 0) is 18.6 Å². The van der Waals surface area contributed by atoms with E-state index in [2.05, 4.69) is 15.3 Å². The number of hydrogen-bond acceptors (Lipinski definition) is 3. The smallest absolute Gasteiger partial charge is 0.106 e. The van der Waals surface area contributed by atoms with Gasteiger partial charge in [0.2, 0.25) is 0 Å². The average molecular weight is 216 g/mol. The number of nitrogens with one attached hydrogen (secondary N) is 2. The fraction of sp³-hybridized carbons (Fsp3) is 0.250. The molecular formula is C12H16N4. The van der Waals surface area contributed by atoms with Gasteiger partial charge in [0.1, 0.15) is 5.82 Å². The maximum atomic E-state index is 5.82. The number of anilines is 2. The van der Waals surface area contributed by atoms with Gasteiger partial charge in [0.15, 0.2) is 0 Å². The minimum absolute atomic E-state index is 0.792. The first-order chi connectivity index (χ1) is 7.86. The number of hydrogen-bond donors (Lipinski definition) is 3. The summed E-state index contributed by atoms with van der Waals surface area (Å²) >= 11 is 0. The van der Waals surface area contributed by atoms with Crippen molar-refractivity contribution in [2.45, 2.75) is 12.8 Å².